The number of anilines is 1. The molecule has 0 unspecified atom stereocenters. The fourth-order valence-electron chi connectivity index (χ4n) is 5.39. The van der Waals surface area contributed by atoms with Crippen LogP contribution >= 0.6 is 0 Å². The number of hydrogen-bond acceptors (Lipinski definition) is 7. The largest absolute Gasteiger partial charge is 0.493 e. The second kappa shape index (κ2) is 12.0. The van der Waals surface area contributed by atoms with Crippen LogP contribution in [0.3, 0.4) is 0 Å². The average molecular weight is 461 g/mol. The fraction of sp³-hybridized carbons (Fsp3) is 0.760. The van der Waals surface area contributed by atoms with Crippen LogP contribution in [0, 0.1) is 5.92 Å². The van der Waals surface area contributed by atoms with Crippen molar-refractivity contribution in [3.05, 3.63) is 17.8 Å². The molecule has 0 aromatic carbocycles. The van der Waals surface area contributed by atoms with Gasteiger partial charge in [-0.1, -0.05) is 0 Å². The van der Waals surface area contributed by atoms with Gasteiger partial charge in [-0.15, -0.1) is 0 Å². The molecule has 184 valence electrons. The molecule has 3 heterocycles. The van der Waals surface area contributed by atoms with Crippen molar-refractivity contribution in [1.82, 2.24) is 15.2 Å². The van der Waals surface area contributed by atoms with Gasteiger partial charge in [-0.25, -0.2) is 4.98 Å². The third kappa shape index (κ3) is 6.58. The van der Waals surface area contributed by atoms with Crippen molar-refractivity contribution in [2.75, 3.05) is 58.5 Å². The molecule has 8 nitrogen and oxygen atoms in total. The number of nitrogens with zero attached hydrogens (tertiary/aromatic N) is 3. The summed E-state index contributed by atoms with van der Waals surface area (Å²) in [5.74, 6) is 3.03. The van der Waals surface area contributed by atoms with Crippen molar-refractivity contribution in [3.8, 4) is 5.75 Å². The van der Waals surface area contributed by atoms with Gasteiger partial charge in [0.05, 0.1) is 6.61 Å². The van der Waals surface area contributed by atoms with Crippen LogP contribution in [0.1, 0.15) is 50.5 Å². The van der Waals surface area contributed by atoms with Crippen LogP contribution in [-0.4, -0.2) is 81.7 Å². The van der Waals surface area contributed by atoms with E-state index in [0.717, 1.165) is 69.5 Å². The Kier molecular flexibility index (Phi) is 8.81. The Hall–Kier alpha value is -1.90. The summed E-state index contributed by atoms with van der Waals surface area (Å²) >= 11 is 0. The van der Waals surface area contributed by atoms with Gasteiger partial charge < -0.3 is 24.4 Å². The lowest BCUT2D eigenvalue weighted by atomic mass is 9.84. The van der Waals surface area contributed by atoms with E-state index >= 15 is 0 Å². The van der Waals surface area contributed by atoms with Crippen LogP contribution in [-0.2, 0) is 20.7 Å². The maximum Gasteiger partial charge on any atom is 0.220 e. The normalized spacial score (nSPS) is 23.4. The summed E-state index contributed by atoms with van der Waals surface area (Å²) in [6, 6.07) is 2.31. The number of hydrogen-bond donors (Lipinski definition) is 1. The first-order valence-corrected chi connectivity index (χ1v) is 12.6. The fourth-order valence-corrected chi connectivity index (χ4v) is 5.39. The standard InChI is InChI=1S/C25H40N4O4/c1-31-24(32-2)8-7-23(30)27-20-5-3-19(4-6-20)10-13-28-14-16-29(17-15-28)25-21-11-18-33-22(21)9-12-26-25/h9,12,19-20,24H,3-8,10-11,13-18H2,1-2H3,(H,27,30). The molecule has 0 atom stereocenters. The molecule has 2 aliphatic heterocycles. The first-order chi connectivity index (χ1) is 16.2. The minimum atomic E-state index is -0.299. The molecule has 1 amide bonds. The first kappa shape index (κ1) is 24.2. The van der Waals surface area contributed by atoms with Crippen molar-refractivity contribution in [2.45, 2.75) is 63.7 Å². The van der Waals surface area contributed by atoms with Gasteiger partial charge in [-0.2, -0.15) is 0 Å². The molecule has 1 N–H and O–H groups in total. The highest BCUT2D eigenvalue weighted by Gasteiger charge is 2.26. The molecule has 33 heavy (non-hydrogen) atoms. The molecule has 2 fully saturated rings. The Labute approximate surface area is 198 Å². The average Bonchev–Trinajstić information content (AvgIpc) is 3.34. The number of carbonyl (C=O) groups excluding carboxylic acids is 1. The number of ether oxygens (including phenoxy) is 3. The summed E-state index contributed by atoms with van der Waals surface area (Å²) in [7, 11) is 3.21. The van der Waals surface area contributed by atoms with Gasteiger partial charge >= 0.3 is 0 Å². The van der Waals surface area contributed by atoms with E-state index in [4.69, 9.17) is 14.2 Å². The van der Waals surface area contributed by atoms with Crippen LogP contribution < -0.4 is 15.0 Å². The molecule has 0 radical (unpaired) electrons. The minimum Gasteiger partial charge on any atom is -0.493 e. The van der Waals surface area contributed by atoms with Crippen molar-refractivity contribution < 1.29 is 19.0 Å². The number of nitrogens with one attached hydrogen (secondary N) is 1. The predicted molar refractivity (Wildman–Crippen MR) is 128 cm³/mol. The van der Waals surface area contributed by atoms with Gasteiger partial charge in [0.25, 0.3) is 0 Å². The molecule has 3 aliphatic rings. The van der Waals surface area contributed by atoms with E-state index < -0.39 is 0 Å². The van der Waals surface area contributed by atoms with Gasteiger partial charge in [0.1, 0.15) is 11.6 Å². The van der Waals surface area contributed by atoms with E-state index in [1.165, 1.54) is 31.4 Å². The topological polar surface area (TPSA) is 76.2 Å². The molecule has 0 bridgehead atoms. The molecule has 0 spiro atoms. The van der Waals surface area contributed by atoms with E-state index in [1.807, 2.05) is 12.3 Å². The number of carbonyl (C=O) groups is 1. The molecule has 1 aromatic heterocycles. The number of methoxy groups -OCH3 is 2. The highest BCUT2D eigenvalue weighted by molar-refractivity contribution is 5.76. The van der Waals surface area contributed by atoms with Crippen LogP contribution in [0.5, 0.6) is 5.75 Å². The molecule has 1 saturated carbocycles. The Morgan fingerprint density at radius 2 is 1.94 bits per heavy atom. The lowest BCUT2D eigenvalue weighted by molar-refractivity contribution is -0.129. The van der Waals surface area contributed by atoms with Crippen molar-refractivity contribution in [1.29, 1.82) is 0 Å². The van der Waals surface area contributed by atoms with Crippen molar-refractivity contribution in [2.24, 2.45) is 5.92 Å². The number of amides is 1. The summed E-state index contributed by atoms with van der Waals surface area (Å²) in [6.07, 6.45) is 9.47. The van der Waals surface area contributed by atoms with Gasteiger partial charge in [0, 0.05) is 77.5 Å². The quantitative estimate of drug-likeness (QED) is 0.538. The number of piperazine rings is 1. The van der Waals surface area contributed by atoms with Gasteiger partial charge in [-0.3, -0.25) is 9.69 Å². The molecule has 1 saturated heterocycles. The molecular formula is C25H40N4O4. The zero-order valence-corrected chi connectivity index (χ0v) is 20.3. The van der Waals surface area contributed by atoms with E-state index in [0.29, 0.717) is 18.9 Å². The van der Waals surface area contributed by atoms with E-state index in [9.17, 15) is 4.79 Å². The van der Waals surface area contributed by atoms with E-state index in [1.54, 1.807) is 14.2 Å². The van der Waals surface area contributed by atoms with Gasteiger partial charge in [0.2, 0.25) is 5.91 Å². The van der Waals surface area contributed by atoms with Crippen molar-refractivity contribution in [3.63, 3.8) is 0 Å². The Morgan fingerprint density at radius 1 is 1.18 bits per heavy atom. The lowest BCUT2D eigenvalue weighted by Gasteiger charge is -2.37. The number of fused-ring (bicyclic) bond motifs is 1. The summed E-state index contributed by atoms with van der Waals surface area (Å²) < 4.78 is 16.0. The first-order valence-electron chi connectivity index (χ1n) is 12.6. The van der Waals surface area contributed by atoms with E-state index in [2.05, 4.69) is 20.1 Å². The molecule has 1 aliphatic carbocycles. The molecule has 1 aromatic rings. The summed E-state index contributed by atoms with van der Waals surface area (Å²) in [5, 5.41) is 3.21. The van der Waals surface area contributed by atoms with Gasteiger partial charge in [0.15, 0.2) is 6.29 Å². The minimum absolute atomic E-state index is 0.112. The maximum atomic E-state index is 12.2. The molecule has 8 heteroatoms. The summed E-state index contributed by atoms with van der Waals surface area (Å²) in [5.41, 5.74) is 1.28. The monoisotopic (exact) mass is 460 g/mol. The van der Waals surface area contributed by atoms with Gasteiger partial charge in [-0.05, 0) is 50.6 Å². The third-order valence-corrected chi connectivity index (χ3v) is 7.47. The second-order valence-corrected chi connectivity index (χ2v) is 9.55. The van der Waals surface area contributed by atoms with Crippen LogP contribution in [0.4, 0.5) is 5.82 Å². The van der Waals surface area contributed by atoms with Crippen LogP contribution in [0.25, 0.3) is 0 Å². The highest BCUT2D eigenvalue weighted by atomic mass is 16.7. The number of rotatable bonds is 10. The second-order valence-electron chi connectivity index (χ2n) is 9.55. The zero-order valence-electron chi connectivity index (χ0n) is 20.3. The van der Waals surface area contributed by atoms with Crippen LogP contribution in [0.15, 0.2) is 12.3 Å². The third-order valence-electron chi connectivity index (χ3n) is 7.47. The van der Waals surface area contributed by atoms with E-state index in [-0.39, 0.29) is 12.2 Å². The summed E-state index contributed by atoms with van der Waals surface area (Å²) in [6.45, 7) is 6.23. The SMILES string of the molecule is COC(CCC(=O)NC1CCC(CCN2CCN(c3nccc4c3CCO4)CC2)CC1)OC. The number of pyridine rings is 1. The Morgan fingerprint density at radius 3 is 2.67 bits per heavy atom. The maximum absolute atomic E-state index is 12.2. The lowest BCUT2D eigenvalue weighted by Crippen LogP contribution is -2.47. The van der Waals surface area contributed by atoms with Crippen LogP contribution in [0.2, 0.25) is 0 Å². The molecular weight excluding hydrogens is 420 g/mol. The summed E-state index contributed by atoms with van der Waals surface area (Å²) in [4.78, 5) is 21.9. The number of aromatic nitrogens is 1. The van der Waals surface area contributed by atoms with Crippen molar-refractivity contribution >= 4 is 11.7 Å². The predicted octanol–water partition coefficient (Wildman–Crippen LogP) is 2.60. The zero-order chi connectivity index (χ0) is 23.0. The smallest absolute Gasteiger partial charge is 0.220 e. The highest BCUT2D eigenvalue weighted by Crippen LogP contribution is 2.32. The molecule has 4 rings (SSSR count). The Balaban J connectivity index is 1.11. The Bertz CT molecular complexity index is 757.